The van der Waals surface area contributed by atoms with Crippen LogP contribution in [0.3, 0.4) is 0 Å². The third kappa shape index (κ3) is 5.81. The van der Waals surface area contributed by atoms with Gasteiger partial charge in [0.2, 0.25) is 15.9 Å². The molecule has 1 aromatic rings. The molecule has 0 radical (unpaired) electrons. The van der Waals surface area contributed by atoms with Crippen molar-refractivity contribution in [3.8, 4) is 0 Å². The Morgan fingerprint density at radius 2 is 1.91 bits per heavy atom. The minimum Gasteiger partial charge on any atom is -0.452 e. The maximum absolute atomic E-state index is 12.7. The second-order valence-corrected chi connectivity index (χ2v) is 9.12. The average Bonchev–Trinajstić information content (AvgIpc) is 2.69. The van der Waals surface area contributed by atoms with Crippen molar-refractivity contribution in [2.75, 3.05) is 6.26 Å². The van der Waals surface area contributed by atoms with Gasteiger partial charge >= 0.3 is 11.7 Å². The molecule has 2 N–H and O–H groups in total. The summed E-state index contributed by atoms with van der Waals surface area (Å²) in [4.78, 5) is 49.6. The highest BCUT2D eigenvalue weighted by Gasteiger charge is 2.50. The number of β-lactam (4-membered cyclic amide) rings is 1. The van der Waals surface area contributed by atoms with Crippen LogP contribution in [0.4, 0.5) is 5.69 Å². The third-order valence-corrected chi connectivity index (χ3v) is 5.73. The number of Topliss-reactive ketones (excluding diaryl/α,β-unsaturated/α-hetero) is 1. The van der Waals surface area contributed by atoms with Crippen LogP contribution >= 0.6 is 0 Å². The van der Waals surface area contributed by atoms with Crippen LogP contribution in [0.2, 0.25) is 0 Å². The molecule has 1 aliphatic heterocycles. The molecule has 2 rings (SSSR count). The van der Waals surface area contributed by atoms with Crippen LogP contribution in [0.25, 0.3) is 5.53 Å². The van der Waals surface area contributed by atoms with Gasteiger partial charge in [0.25, 0.3) is 11.5 Å². The normalized spacial score (nSPS) is 19.5. The minimum atomic E-state index is -3.60. The molecule has 0 aliphatic carbocycles. The van der Waals surface area contributed by atoms with E-state index < -0.39 is 62.2 Å². The van der Waals surface area contributed by atoms with Crippen LogP contribution < -0.4 is 10.0 Å². The number of carbonyl (C=O) groups excluding carboxylic acids is 3. The quantitative estimate of drug-likeness (QED) is 0.0674. The molecule has 172 valence electrons. The van der Waals surface area contributed by atoms with Crippen molar-refractivity contribution in [2.24, 2.45) is 11.8 Å². The van der Waals surface area contributed by atoms with Gasteiger partial charge in [-0.15, -0.1) is 0 Å². The predicted molar refractivity (Wildman–Crippen MR) is 109 cm³/mol. The molecule has 0 spiro atoms. The molecule has 32 heavy (non-hydrogen) atoms. The number of hydrogen-bond donors (Lipinski definition) is 2. The van der Waals surface area contributed by atoms with Crippen LogP contribution in [-0.4, -0.2) is 59.8 Å². The van der Waals surface area contributed by atoms with E-state index in [2.05, 4.69) is 14.8 Å². The summed E-state index contributed by atoms with van der Waals surface area (Å²) < 4.78 is 30.1. The number of rotatable bonds is 10. The van der Waals surface area contributed by atoms with E-state index in [-0.39, 0.29) is 12.3 Å². The molecular formula is C18H21N5O8S. The van der Waals surface area contributed by atoms with E-state index in [1.165, 1.54) is 38.1 Å². The van der Waals surface area contributed by atoms with Gasteiger partial charge in [-0.1, -0.05) is 6.92 Å². The molecule has 2 unspecified atom stereocenters. The average molecular weight is 467 g/mol. The molecule has 13 nitrogen and oxygen atoms in total. The second kappa shape index (κ2) is 9.77. The number of ketones is 1. The van der Waals surface area contributed by atoms with Gasteiger partial charge < -0.3 is 15.6 Å². The molecule has 4 atom stereocenters. The highest BCUT2D eigenvalue weighted by atomic mass is 32.2. The number of nitro groups is 1. The first-order valence-electron chi connectivity index (χ1n) is 9.30. The van der Waals surface area contributed by atoms with Gasteiger partial charge in [0, 0.05) is 24.1 Å². The summed E-state index contributed by atoms with van der Waals surface area (Å²) in [7, 11) is -3.60. The number of sulfonamides is 1. The molecule has 1 fully saturated rings. The summed E-state index contributed by atoms with van der Waals surface area (Å²) in [6, 6.07) is 3.51. The molecule has 1 aromatic carbocycles. The summed E-state index contributed by atoms with van der Waals surface area (Å²) in [5, 5.41) is 13.2. The van der Waals surface area contributed by atoms with E-state index in [1.807, 2.05) is 0 Å². The number of nitro benzene ring substituents is 1. The lowest BCUT2D eigenvalue weighted by atomic mass is 9.76. The molecule has 14 heteroatoms. The molecule has 0 bridgehead atoms. The van der Waals surface area contributed by atoms with Crippen LogP contribution in [0.5, 0.6) is 0 Å². The highest BCUT2D eigenvalue weighted by Crippen LogP contribution is 2.27. The Morgan fingerprint density at radius 3 is 2.38 bits per heavy atom. The number of ether oxygens (including phenoxy) is 1. The first kappa shape index (κ1) is 24.8. The van der Waals surface area contributed by atoms with Crippen molar-refractivity contribution in [3.63, 3.8) is 0 Å². The number of nitrogens with zero attached hydrogens (tertiary/aromatic N) is 3. The Hall–Kier alpha value is -3.48. The van der Waals surface area contributed by atoms with Crippen LogP contribution in [0, 0.1) is 22.0 Å². The first-order valence-corrected chi connectivity index (χ1v) is 11.2. The zero-order valence-electron chi connectivity index (χ0n) is 17.3. The standard InChI is InChI=1S/C18H21N5O8S/c1-9(14-13(17(25)20-14)10(2)22-32(3,29)30)16(24)15(21-19)18(26)31-8-11-4-6-12(7-5-11)23(27)28/h4-7,9-10,13-14,22H,8H2,1-3H3,(H,20,25)/t9?,10?,13-,14-/m1/s1. The smallest absolute Gasteiger partial charge is 0.441 e. The molecular weight excluding hydrogens is 446 g/mol. The number of esters is 1. The summed E-state index contributed by atoms with van der Waals surface area (Å²) in [5.41, 5.74) is 8.52. The van der Waals surface area contributed by atoms with Crippen molar-refractivity contribution < 1.29 is 37.3 Å². The van der Waals surface area contributed by atoms with Crippen molar-refractivity contribution in [1.82, 2.24) is 10.0 Å². The maximum atomic E-state index is 12.7. The van der Waals surface area contributed by atoms with Crippen molar-refractivity contribution in [1.29, 1.82) is 0 Å². The van der Waals surface area contributed by atoms with Gasteiger partial charge in [-0.2, -0.15) is 4.79 Å². The third-order valence-electron chi connectivity index (χ3n) is 4.93. The van der Waals surface area contributed by atoms with E-state index in [9.17, 15) is 38.4 Å². The monoisotopic (exact) mass is 467 g/mol. The van der Waals surface area contributed by atoms with Gasteiger partial charge in [0.1, 0.15) is 6.61 Å². The van der Waals surface area contributed by atoms with E-state index in [0.29, 0.717) is 5.56 Å². The lowest BCUT2D eigenvalue weighted by molar-refractivity contribution is -0.384. The number of benzene rings is 1. The lowest BCUT2D eigenvalue weighted by Crippen LogP contribution is -2.68. The lowest BCUT2D eigenvalue weighted by Gasteiger charge is -2.42. The van der Waals surface area contributed by atoms with Crippen LogP contribution in [-0.2, 0) is 35.8 Å². The zero-order valence-corrected chi connectivity index (χ0v) is 18.2. The van der Waals surface area contributed by atoms with Crippen LogP contribution in [0.15, 0.2) is 24.3 Å². The van der Waals surface area contributed by atoms with Gasteiger partial charge in [-0.3, -0.25) is 19.7 Å². The number of amides is 1. The highest BCUT2D eigenvalue weighted by molar-refractivity contribution is 7.88. The van der Waals surface area contributed by atoms with Crippen molar-refractivity contribution in [2.45, 2.75) is 32.5 Å². The molecule has 0 aromatic heterocycles. The van der Waals surface area contributed by atoms with Gasteiger partial charge in [-0.05, 0) is 24.6 Å². The summed E-state index contributed by atoms with van der Waals surface area (Å²) >= 11 is 0. The molecule has 1 aliphatic rings. The fraction of sp³-hybridized carbons (Fsp3) is 0.444. The van der Waals surface area contributed by atoms with Crippen LogP contribution in [0.1, 0.15) is 19.4 Å². The van der Waals surface area contributed by atoms with Crippen molar-refractivity contribution >= 4 is 39.1 Å². The summed E-state index contributed by atoms with van der Waals surface area (Å²) in [6.45, 7) is 2.52. The van der Waals surface area contributed by atoms with Gasteiger partial charge in [-0.25, -0.2) is 17.9 Å². The summed E-state index contributed by atoms with van der Waals surface area (Å²) in [6.07, 6.45) is 0.932. The van der Waals surface area contributed by atoms with Gasteiger partial charge in [0.15, 0.2) is 0 Å². The molecule has 0 saturated carbocycles. The largest absolute Gasteiger partial charge is 0.452 e. The van der Waals surface area contributed by atoms with Gasteiger partial charge in [0.05, 0.1) is 23.1 Å². The fourth-order valence-corrected chi connectivity index (χ4v) is 4.12. The number of nitrogens with one attached hydrogen (secondary N) is 2. The second-order valence-electron chi connectivity index (χ2n) is 7.34. The molecule has 1 saturated heterocycles. The van der Waals surface area contributed by atoms with E-state index in [4.69, 9.17) is 4.74 Å². The zero-order chi connectivity index (χ0) is 24.2. The Morgan fingerprint density at radius 1 is 1.31 bits per heavy atom. The number of non-ortho nitro benzene ring substituents is 1. The Balaban J connectivity index is 2.04. The van der Waals surface area contributed by atoms with E-state index >= 15 is 0 Å². The summed E-state index contributed by atoms with van der Waals surface area (Å²) in [5.74, 6) is -4.52. The minimum absolute atomic E-state index is 0.154. The maximum Gasteiger partial charge on any atom is 0.441 e. The fourth-order valence-electron chi connectivity index (χ4n) is 3.30. The Bertz CT molecular complexity index is 1090. The SMILES string of the molecule is CC(C(=O)C(=[N+]=[N-])C(=O)OCc1ccc([N+](=O)[O-])cc1)[C@H]1NC(=O)[C@@H]1C(C)NS(C)(=O)=O. The van der Waals surface area contributed by atoms with E-state index in [0.717, 1.165) is 6.26 Å². The molecule has 1 heterocycles. The Kier molecular flexibility index (Phi) is 7.56. The number of carbonyl (C=O) groups is 3. The van der Waals surface area contributed by atoms with Crippen molar-refractivity contribution in [3.05, 3.63) is 45.5 Å². The van der Waals surface area contributed by atoms with E-state index in [1.54, 1.807) is 0 Å². The topological polar surface area (TPSA) is 198 Å². The molecule has 1 amide bonds. The number of hydrogen-bond acceptors (Lipinski definition) is 8. The Labute approximate surface area is 182 Å². The predicted octanol–water partition coefficient (Wildman–Crippen LogP) is -0.434. The first-order chi connectivity index (χ1) is 14.9.